The highest BCUT2D eigenvalue weighted by Gasteiger charge is 2.26. The van der Waals surface area contributed by atoms with E-state index in [1.807, 2.05) is 0 Å². The van der Waals surface area contributed by atoms with Gasteiger partial charge in [0.05, 0.1) is 0 Å². The number of aliphatic carboxylic acids is 1. The summed E-state index contributed by atoms with van der Waals surface area (Å²) in [5.74, 6) is -2.42. The van der Waals surface area contributed by atoms with Gasteiger partial charge in [-0.3, -0.25) is 4.79 Å². The minimum absolute atomic E-state index is 0.180. The Balaban J connectivity index is 2.34. The van der Waals surface area contributed by atoms with Gasteiger partial charge in [-0.2, -0.15) is 0 Å². The molecule has 1 heterocycles. The second-order valence-electron chi connectivity index (χ2n) is 5.60. The van der Waals surface area contributed by atoms with Gasteiger partial charge in [0.15, 0.2) is 0 Å². The molecule has 1 atom stereocenters. The molecular formula is C16H19FN4O3. The van der Waals surface area contributed by atoms with Crippen LogP contribution in [0.4, 0.5) is 4.39 Å². The number of aryl methyl sites for hydroxylation is 1. The Hall–Kier alpha value is -2.77. The van der Waals surface area contributed by atoms with Gasteiger partial charge in [0, 0.05) is 6.42 Å². The molecule has 24 heavy (non-hydrogen) atoms. The quantitative estimate of drug-likeness (QED) is 0.840. The van der Waals surface area contributed by atoms with Crippen molar-refractivity contribution in [2.75, 3.05) is 0 Å². The first kappa shape index (κ1) is 17.6. The summed E-state index contributed by atoms with van der Waals surface area (Å²) < 4.78 is 15.2. The molecule has 0 saturated carbocycles. The van der Waals surface area contributed by atoms with E-state index >= 15 is 0 Å². The van der Waals surface area contributed by atoms with Crippen molar-refractivity contribution < 1.29 is 19.1 Å². The van der Waals surface area contributed by atoms with Gasteiger partial charge in [-0.25, -0.2) is 18.9 Å². The maximum atomic E-state index is 14.0. The molecule has 2 rings (SSSR count). The molecule has 1 aromatic heterocycles. The summed E-state index contributed by atoms with van der Waals surface area (Å²) in [7, 11) is 0. The zero-order valence-corrected chi connectivity index (χ0v) is 13.7. The zero-order valence-electron chi connectivity index (χ0n) is 13.7. The predicted octanol–water partition coefficient (Wildman–Crippen LogP) is 1.81. The highest BCUT2D eigenvalue weighted by atomic mass is 19.1. The Morgan fingerprint density at radius 1 is 1.33 bits per heavy atom. The van der Waals surface area contributed by atoms with Crippen LogP contribution in [0.2, 0.25) is 0 Å². The highest BCUT2D eigenvalue weighted by Crippen LogP contribution is 2.15. The van der Waals surface area contributed by atoms with Crippen molar-refractivity contribution in [3.63, 3.8) is 0 Å². The van der Waals surface area contributed by atoms with Crippen LogP contribution in [0.1, 0.15) is 37.2 Å². The lowest BCUT2D eigenvalue weighted by Crippen LogP contribution is -2.44. The number of nitrogens with zero attached hydrogens (tertiary/aromatic N) is 3. The van der Waals surface area contributed by atoms with Gasteiger partial charge in [0.1, 0.15) is 23.4 Å². The first-order valence-corrected chi connectivity index (χ1v) is 7.59. The molecule has 0 bridgehead atoms. The maximum Gasteiger partial charge on any atom is 0.326 e. The standard InChI is InChI=1S/C16H19FN4O3/c1-4-12-18-14(15(22)19-13(9(2)3)16(23)24)20-21(12)11-8-6-5-7-10(11)17/h5-9,13H,4H2,1-3H3,(H,19,22)(H,23,24)/t13-/m0/s1. The Morgan fingerprint density at radius 2 is 2.00 bits per heavy atom. The second kappa shape index (κ2) is 7.20. The van der Waals surface area contributed by atoms with Crippen LogP contribution in [0.15, 0.2) is 24.3 Å². The molecule has 0 aliphatic carbocycles. The molecule has 0 spiro atoms. The van der Waals surface area contributed by atoms with Gasteiger partial charge in [0.2, 0.25) is 5.82 Å². The van der Waals surface area contributed by atoms with Crippen molar-refractivity contribution in [1.82, 2.24) is 20.1 Å². The van der Waals surface area contributed by atoms with Gasteiger partial charge < -0.3 is 10.4 Å². The third-order valence-corrected chi connectivity index (χ3v) is 3.49. The number of carbonyl (C=O) groups is 2. The number of carboxylic acids is 1. The van der Waals surface area contributed by atoms with Crippen LogP contribution < -0.4 is 5.32 Å². The van der Waals surface area contributed by atoms with E-state index in [0.717, 1.165) is 0 Å². The van der Waals surface area contributed by atoms with Crippen molar-refractivity contribution in [1.29, 1.82) is 0 Å². The number of hydrogen-bond acceptors (Lipinski definition) is 4. The minimum Gasteiger partial charge on any atom is -0.480 e. The molecule has 0 unspecified atom stereocenters. The molecule has 128 valence electrons. The van der Waals surface area contributed by atoms with E-state index in [2.05, 4.69) is 15.4 Å². The lowest BCUT2D eigenvalue weighted by molar-refractivity contribution is -0.140. The molecule has 2 aromatic rings. The Labute approximate surface area is 138 Å². The van der Waals surface area contributed by atoms with E-state index in [-0.39, 0.29) is 17.4 Å². The fourth-order valence-corrected chi connectivity index (χ4v) is 2.21. The number of nitrogens with one attached hydrogen (secondary N) is 1. The summed E-state index contributed by atoms with van der Waals surface area (Å²) >= 11 is 0. The van der Waals surface area contributed by atoms with Gasteiger partial charge >= 0.3 is 5.97 Å². The van der Waals surface area contributed by atoms with Gasteiger partial charge in [-0.15, -0.1) is 5.10 Å². The molecule has 0 fully saturated rings. The largest absolute Gasteiger partial charge is 0.480 e. The number of benzene rings is 1. The number of halogens is 1. The number of hydrogen-bond donors (Lipinski definition) is 2. The number of carbonyl (C=O) groups excluding carboxylic acids is 1. The van der Waals surface area contributed by atoms with Crippen LogP contribution in [0, 0.1) is 11.7 Å². The summed E-state index contributed by atoms with van der Waals surface area (Å²) in [6.45, 7) is 5.17. The number of carboxylic acid groups (broad SMARTS) is 1. The molecule has 1 aromatic carbocycles. The van der Waals surface area contributed by atoms with E-state index in [9.17, 15) is 14.0 Å². The van der Waals surface area contributed by atoms with Crippen molar-refractivity contribution in [2.45, 2.75) is 33.2 Å². The van der Waals surface area contributed by atoms with Crippen molar-refractivity contribution in [2.24, 2.45) is 5.92 Å². The Morgan fingerprint density at radius 3 is 2.54 bits per heavy atom. The molecule has 1 amide bonds. The Bertz CT molecular complexity index is 758. The lowest BCUT2D eigenvalue weighted by atomic mass is 10.1. The molecule has 7 nitrogen and oxygen atoms in total. The molecule has 0 saturated heterocycles. The van der Waals surface area contributed by atoms with Crippen molar-refractivity contribution >= 4 is 11.9 Å². The number of rotatable bonds is 6. The number of aromatic nitrogens is 3. The third kappa shape index (κ3) is 3.58. The summed E-state index contributed by atoms with van der Waals surface area (Å²) in [6, 6.07) is 4.96. The second-order valence-corrected chi connectivity index (χ2v) is 5.60. The summed E-state index contributed by atoms with van der Waals surface area (Å²) in [6.07, 6.45) is 0.432. The molecular weight excluding hydrogens is 315 g/mol. The van der Waals surface area contributed by atoms with E-state index in [1.54, 1.807) is 32.9 Å². The molecule has 0 radical (unpaired) electrons. The smallest absolute Gasteiger partial charge is 0.326 e. The van der Waals surface area contributed by atoms with E-state index < -0.39 is 23.7 Å². The van der Waals surface area contributed by atoms with Crippen LogP contribution in [-0.2, 0) is 11.2 Å². The van der Waals surface area contributed by atoms with Gasteiger partial charge in [-0.05, 0) is 18.1 Å². The fourth-order valence-electron chi connectivity index (χ4n) is 2.21. The highest BCUT2D eigenvalue weighted by molar-refractivity contribution is 5.93. The maximum absolute atomic E-state index is 14.0. The third-order valence-electron chi connectivity index (χ3n) is 3.49. The van der Waals surface area contributed by atoms with Crippen LogP contribution in [0.25, 0.3) is 5.69 Å². The molecule has 2 N–H and O–H groups in total. The molecule has 8 heteroatoms. The topological polar surface area (TPSA) is 97.1 Å². The van der Waals surface area contributed by atoms with E-state index in [4.69, 9.17) is 5.11 Å². The number of para-hydroxylation sites is 1. The first-order chi connectivity index (χ1) is 11.3. The van der Waals surface area contributed by atoms with Crippen molar-refractivity contribution in [3.05, 3.63) is 41.7 Å². The van der Waals surface area contributed by atoms with Crippen LogP contribution in [-0.4, -0.2) is 37.8 Å². The summed E-state index contributed by atoms with van der Waals surface area (Å²) in [5.41, 5.74) is 0.180. The van der Waals surface area contributed by atoms with Crippen molar-refractivity contribution in [3.8, 4) is 5.69 Å². The van der Waals surface area contributed by atoms with E-state index in [0.29, 0.717) is 12.2 Å². The predicted molar refractivity (Wildman–Crippen MR) is 84.4 cm³/mol. The zero-order chi connectivity index (χ0) is 17.9. The summed E-state index contributed by atoms with van der Waals surface area (Å²) in [5, 5.41) is 15.6. The normalized spacial score (nSPS) is 12.2. The van der Waals surface area contributed by atoms with Crippen LogP contribution in [0.3, 0.4) is 0 Å². The van der Waals surface area contributed by atoms with Gasteiger partial charge in [0.25, 0.3) is 5.91 Å². The lowest BCUT2D eigenvalue weighted by Gasteiger charge is -2.16. The number of amides is 1. The molecule has 0 aliphatic rings. The average Bonchev–Trinajstić information content (AvgIpc) is 2.96. The van der Waals surface area contributed by atoms with Gasteiger partial charge in [-0.1, -0.05) is 32.9 Å². The first-order valence-electron chi connectivity index (χ1n) is 7.59. The minimum atomic E-state index is -1.14. The average molecular weight is 334 g/mol. The van der Waals surface area contributed by atoms with Crippen LogP contribution in [0.5, 0.6) is 0 Å². The molecule has 0 aliphatic heterocycles. The fraction of sp³-hybridized carbons (Fsp3) is 0.375. The monoisotopic (exact) mass is 334 g/mol. The van der Waals surface area contributed by atoms with E-state index in [1.165, 1.54) is 16.8 Å². The SMILES string of the molecule is CCc1nc(C(=O)N[C@H](C(=O)O)C(C)C)nn1-c1ccccc1F. The summed E-state index contributed by atoms with van der Waals surface area (Å²) in [4.78, 5) is 27.5. The van der Waals surface area contributed by atoms with Crippen LogP contribution >= 0.6 is 0 Å². The Kier molecular flexibility index (Phi) is 5.28.